The number of rotatable bonds is 6. The highest BCUT2D eigenvalue weighted by Crippen LogP contribution is 2.16. The number of anilines is 2. The molecule has 0 unspecified atom stereocenters. The molecule has 0 spiro atoms. The molecule has 0 aliphatic heterocycles. The first-order valence-electron chi connectivity index (χ1n) is 8.07. The number of nitrogens with one attached hydrogen (secondary N) is 2. The maximum absolute atomic E-state index is 12.2. The van der Waals surface area contributed by atoms with Gasteiger partial charge in [0.05, 0.1) is 19.0 Å². The summed E-state index contributed by atoms with van der Waals surface area (Å²) in [5.41, 5.74) is 1.70. The minimum atomic E-state index is -0.251. The molecule has 8 heteroatoms. The number of aromatic nitrogens is 2. The van der Waals surface area contributed by atoms with Gasteiger partial charge in [0.2, 0.25) is 5.91 Å². The molecule has 1 aromatic heterocycles. The Morgan fingerprint density at radius 1 is 1.11 bits per heavy atom. The highest BCUT2D eigenvalue weighted by Gasteiger charge is 2.10. The molecule has 0 atom stereocenters. The van der Waals surface area contributed by atoms with E-state index in [9.17, 15) is 9.59 Å². The van der Waals surface area contributed by atoms with Gasteiger partial charge in [-0.05, 0) is 42.5 Å². The first-order valence-corrected chi connectivity index (χ1v) is 8.86. The third kappa shape index (κ3) is 5.18. The number of carbonyl (C=O) groups is 2. The van der Waals surface area contributed by atoms with E-state index >= 15 is 0 Å². The van der Waals surface area contributed by atoms with Crippen molar-refractivity contribution in [1.82, 2.24) is 9.78 Å². The molecule has 2 amide bonds. The summed E-state index contributed by atoms with van der Waals surface area (Å²) >= 11 is 3.33. The maximum Gasteiger partial charge on any atom is 0.255 e. The summed E-state index contributed by atoms with van der Waals surface area (Å²) in [5, 5.41) is 9.63. The number of carbonyl (C=O) groups excluding carboxylic acids is 2. The number of nitrogens with zero attached hydrogens (tertiary/aromatic N) is 2. The molecule has 138 valence electrons. The Morgan fingerprint density at radius 2 is 1.89 bits per heavy atom. The summed E-state index contributed by atoms with van der Waals surface area (Å²) in [5.74, 6) is 0.234. The largest absolute Gasteiger partial charge is 0.497 e. The number of halogens is 1. The first kappa shape index (κ1) is 18.7. The summed E-state index contributed by atoms with van der Waals surface area (Å²) in [6.07, 6.45) is 3.10. The Bertz CT molecular complexity index is 954. The van der Waals surface area contributed by atoms with Crippen molar-refractivity contribution in [1.29, 1.82) is 0 Å². The molecule has 2 N–H and O–H groups in total. The van der Waals surface area contributed by atoms with Crippen LogP contribution in [0.2, 0.25) is 0 Å². The molecule has 3 rings (SSSR count). The van der Waals surface area contributed by atoms with E-state index in [4.69, 9.17) is 4.74 Å². The van der Waals surface area contributed by atoms with E-state index < -0.39 is 0 Å². The van der Waals surface area contributed by atoms with Gasteiger partial charge in [-0.1, -0.05) is 22.0 Å². The average Bonchev–Trinajstić information content (AvgIpc) is 3.09. The van der Waals surface area contributed by atoms with E-state index in [1.807, 2.05) is 6.07 Å². The zero-order valence-corrected chi connectivity index (χ0v) is 16.1. The van der Waals surface area contributed by atoms with Gasteiger partial charge in [-0.3, -0.25) is 14.3 Å². The fourth-order valence-electron chi connectivity index (χ4n) is 2.37. The molecule has 1 heterocycles. The van der Waals surface area contributed by atoms with Crippen LogP contribution in [0.1, 0.15) is 10.4 Å². The van der Waals surface area contributed by atoms with Crippen LogP contribution in [0.25, 0.3) is 0 Å². The highest BCUT2D eigenvalue weighted by molar-refractivity contribution is 9.10. The summed E-state index contributed by atoms with van der Waals surface area (Å²) in [4.78, 5) is 24.4. The van der Waals surface area contributed by atoms with Crippen LogP contribution in [0.4, 0.5) is 11.4 Å². The monoisotopic (exact) mass is 428 g/mol. The zero-order valence-electron chi connectivity index (χ0n) is 14.5. The molecular weight excluding hydrogens is 412 g/mol. The Balaban J connectivity index is 1.56. The second-order valence-corrected chi connectivity index (χ2v) is 6.58. The minimum Gasteiger partial charge on any atom is -0.497 e. The number of ether oxygens (including phenoxy) is 1. The summed E-state index contributed by atoms with van der Waals surface area (Å²) < 4.78 is 7.35. The Morgan fingerprint density at radius 3 is 2.59 bits per heavy atom. The van der Waals surface area contributed by atoms with E-state index in [-0.39, 0.29) is 18.4 Å². The molecule has 0 bridgehead atoms. The van der Waals surface area contributed by atoms with Crippen LogP contribution in [0.15, 0.2) is 65.4 Å². The number of hydrogen-bond acceptors (Lipinski definition) is 4. The van der Waals surface area contributed by atoms with Crippen molar-refractivity contribution in [2.24, 2.45) is 0 Å². The number of methoxy groups -OCH3 is 1. The quantitative estimate of drug-likeness (QED) is 0.628. The van der Waals surface area contributed by atoms with E-state index in [1.165, 1.54) is 10.9 Å². The third-order valence-corrected chi connectivity index (χ3v) is 4.15. The van der Waals surface area contributed by atoms with Crippen molar-refractivity contribution >= 4 is 39.1 Å². The van der Waals surface area contributed by atoms with Gasteiger partial charge in [0, 0.05) is 21.9 Å². The van der Waals surface area contributed by atoms with Crippen LogP contribution in [0, 0.1) is 0 Å². The van der Waals surface area contributed by atoms with Crippen LogP contribution in [-0.4, -0.2) is 28.7 Å². The van der Waals surface area contributed by atoms with E-state index in [0.29, 0.717) is 22.7 Å². The molecule has 27 heavy (non-hydrogen) atoms. The summed E-state index contributed by atoms with van der Waals surface area (Å²) in [6, 6.07) is 14.1. The standard InChI is InChI=1S/C19H17BrN4O3/c1-27-17-7-5-15(6-8-17)22-18(25)12-24-11-16(10-21-24)23-19(26)13-3-2-4-14(20)9-13/h2-11H,12H2,1H3,(H,22,25)(H,23,26). The van der Waals surface area contributed by atoms with Crippen LogP contribution < -0.4 is 15.4 Å². The molecule has 3 aromatic rings. The molecule has 0 saturated carbocycles. The summed E-state index contributed by atoms with van der Waals surface area (Å²) in [7, 11) is 1.58. The number of hydrogen-bond donors (Lipinski definition) is 2. The van der Waals surface area contributed by atoms with Gasteiger partial charge in [0.15, 0.2) is 0 Å². The van der Waals surface area contributed by atoms with Gasteiger partial charge in [0.1, 0.15) is 12.3 Å². The second-order valence-electron chi connectivity index (χ2n) is 5.67. The minimum absolute atomic E-state index is 0.0266. The predicted octanol–water partition coefficient (Wildman–Crippen LogP) is 3.55. The lowest BCUT2D eigenvalue weighted by molar-refractivity contribution is -0.116. The normalized spacial score (nSPS) is 10.3. The third-order valence-electron chi connectivity index (χ3n) is 3.66. The van der Waals surface area contributed by atoms with Crippen molar-refractivity contribution < 1.29 is 14.3 Å². The molecule has 0 fully saturated rings. The smallest absolute Gasteiger partial charge is 0.255 e. The topological polar surface area (TPSA) is 85.2 Å². The van der Waals surface area contributed by atoms with Gasteiger partial charge in [-0.2, -0.15) is 5.10 Å². The van der Waals surface area contributed by atoms with Crippen LogP contribution in [0.5, 0.6) is 5.75 Å². The lowest BCUT2D eigenvalue weighted by Gasteiger charge is -2.06. The zero-order chi connectivity index (χ0) is 19.2. The Hall–Kier alpha value is -3.13. The second kappa shape index (κ2) is 8.50. The highest BCUT2D eigenvalue weighted by atomic mass is 79.9. The van der Waals surface area contributed by atoms with E-state index in [0.717, 1.165) is 4.47 Å². The van der Waals surface area contributed by atoms with Crippen molar-refractivity contribution in [3.05, 3.63) is 71.0 Å². The van der Waals surface area contributed by atoms with Gasteiger partial charge in [-0.15, -0.1) is 0 Å². The maximum atomic E-state index is 12.2. The molecule has 0 aliphatic rings. The van der Waals surface area contributed by atoms with Crippen LogP contribution in [0.3, 0.4) is 0 Å². The lowest BCUT2D eigenvalue weighted by Crippen LogP contribution is -2.19. The van der Waals surface area contributed by atoms with Gasteiger partial charge >= 0.3 is 0 Å². The molecule has 0 radical (unpaired) electrons. The molecule has 0 saturated heterocycles. The van der Waals surface area contributed by atoms with Crippen LogP contribution in [-0.2, 0) is 11.3 Å². The number of benzene rings is 2. The van der Waals surface area contributed by atoms with E-state index in [1.54, 1.807) is 55.8 Å². The van der Waals surface area contributed by atoms with Crippen molar-refractivity contribution in [2.45, 2.75) is 6.54 Å². The fraction of sp³-hybridized carbons (Fsp3) is 0.105. The van der Waals surface area contributed by atoms with Crippen molar-refractivity contribution in [3.63, 3.8) is 0 Å². The first-order chi connectivity index (χ1) is 13.0. The Kier molecular flexibility index (Phi) is 5.87. The molecule has 2 aromatic carbocycles. The van der Waals surface area contributed by atoms with Gasteiger partial charge in [-0.25, -0.2) is 0 Å². The molecule has 7 nitrogen and oxygen atoms in total. The van der Waals surface area contributed by atoms with Gasteiger partial charge in [0.25, 0.3) is 5.91 Å². The summed E-state index contributed by atoms with van der Waals surface area (Å²) in [6.45, 7) is 0.0266. The van der Waals surface area contributed by atoms with Crippen LogP contribution >= 0.6 is 15.9 Å². The average molecular weight is 429 g/mol. The van der Waals surface area contributed by atoms with Crippen molar-refractivity contribution in [2.75, 3.05) is 17.7 Å². The Labute approximate surface area is 164 Å². The fourth-order valence-corrected chi connectivity index (χ4v) is 2.77. The van der Waals surface area contributed by atoms with Crippen molar-refractivity contribution in [3.8, 4) is 5.75 Å². The van der Waals surface area contributed by atoms with E-state index in [2.05, 4.69) is 31.7 Å². The number of amides is 2. The van der Waals surface area contributed by atoms with Gasteiger partial charge < -0.3 is 15.4 Å². The SMILES string of the molecule is COc1ccc(NC(=O)Cn2cc(NC(=O)c3cccc(Br)c3)cn2)cc1. The molecular formula is C19H17BrN4O3. The molecule has 0 aliphatic carbocycles. The lowest BCUT2D eigenvalue weighted by atomic mass is 10.2. The predicted molar refractivity (Wildman–Crippen MR) is 106 cm³/mol.